The molecule has 2 heterocycles. The third-order valence-corrected chi connectivity index (χ3v) is 5.23. The van der Waals surface area contributed by atoms with E-state index in [2.05, 4.69) is 20.6 Å². The molecule has 0 radical (unpaired) electrons. The van der Waals surface area contributed by atoms with E-state index in [0.717, 1.165) is 42.8 Å². The molecule has 1 aromatic heterocycles. The molecule has 124 valence electrons. The van der Waals surface area contributed by atoms with Crippen molar-refractivity contribution in [3.05, 3.63) is 46.5 Å². The van der Waals surface area contributed by atoms with Crippen molar-refractivity contribution in [1.82, 2.24) is 10.3 Å². The number of anilines is 1. The van der Waals surface area contributed by atoms with Crippen LogP contribution in [0.4, 0.5) is 13.9 Å². The summed E-state index contributed by atoms with van der Waals surface area (Å²) in [4.78, 5) is 6.85. The van der Waals surface area contributed by atoms with Gasteiger partial charge in [-0.2, -0.15) is 0 Å². The van der Waals surface area contributed by atoms with Gasteiger partial charge in [0.15, 0.2) is 5.13 Å². The van der Waals surface area contributed by atoms with Crippen LogP contribution >= 0.6 is 11.3 Å². The molecule has 1 aliphatic rings. The van der Waals surface area contributed by atoms with Gasteiger partial charge in [-0.25, -0.2) is 13.8 Å². The number of piperidine rings is 1. The zero-order chi connectivity index (χ0) is 16.2. The summed E-state index contributed by atoms with van der Waals surface area (Å²) in [6, 6.07) is 4.07. The van der Waals surface area contributed by atoms with Crippen LogP contribution < -0.4 is 10.2 Å². The third kappa shape index (κ3) is 4.26. The second-order valence-corrected chi connectivity index (χ2v) is 6.81. The van der Waals surface area contributed by atoms with Gasteiger partial charge >= 0.3 is 0 Å². The first-order valence-electron chi connectivity index (χ1n) is 7.96. The summed E-state index contributed by atoms with van der Waals surface area (Å²) in [6.45, 7) is 4.65. The van der Waals surface area contributed by atoms with Gasteiger partial charge in [-0.05, 0) is 56.5 Å². The molecular weight excluding hydrogens is 316 g/mol. The molecule has 1 aromatic carbocycles. The van der Waals surface area contributed by atoms with Gasteiger partial charge in [0.05, 0.1) is 5.69 Å². The second kappa shape index (κ2) is 7.36. The van der Waals surface area contributed by atoms with E-state index in [9.17, 15) is 8.78 Å². The maximum atomic E-state index is 13.6. The first-order chi connectivity index (χ1) is 11.1. The van der Waals surface area contributed by atoms with Crippen LogP contribution in [0.5, 0.6) is 0 Å². The molecule has 0 atom stereocenters. The van der Waals surface area contributed by atoms with Gasteiger partial charge in [0.2, 0.25) is 0 Å². The van der Waals surface area contributed by atoms with E-state index >= 15 is 0 Å². The lowest BCUT2D eigenvalue weighted by Gasteiger charge is -2.32. The molecule has 0 spiro atoms. The first-order valence-corrected chi connectivity index (χ1v) is 8.84. The molecular formula is C17H21F2N3S. The highest BCUT2D eigenvalue weighted by Crippen LogP contribution is 2.23. The maximum absolute atomic E-state index is 13.6. The predicted molar refractivity (Wildman–Crippen MR) is 90.2 cm³/mol. The van der Waals surface area contributed by atoms with Crippen LogP contribution in [0.25, 0.3) is 0 Å². The summed E-state index contributed by atoms with van der Waals surface area (Å²) in [7, 11) is 0. The van der Waals surface area contributed by atoms with Crippen molar-refractivity contribution in [2.75, 3.05) is 24.5 Å². The Balaban J connectivity index is 1.43. The quantitative estimate of drug-likeness (QED) is 0.905. The van der Waals surface area contributed by atoms with Gasteiger partial charge in [0, 0.05) is 24.5 Å². The molecule has 6 heteroatoms. The molecule has 2 aromatic rings. The minimum Gasteiger partial charge on any atom is -0.348 e. The Labute approximate surface area is 139 Å². The molecule has 1 aliphatic heterocycles. The number of aryl methyl sites for hydroxylation is 1. The Bertz CT molecular complexity index is 651. The second-order valence-electron chi connectivity index (χ2n) is 5.97. The molecule has 0 saturated carbocycles. The van der Waals surface area contributed by atoms with Crippen LogP contribution in [-0.2, 0) is 6.42 Å². The van der Waals surface area contributed by atoms with Crippen LogP contribution in [0.15, 0.2) is 23.6 Å². The van der Waals surface area contributed by atoms with Crippen LogP contribution in [0.3, 0.4) is 0 Å². The van der Waals surface area contributed by atoms with E-state index in [1.165, 1.54) is 12.1 Å². The lowest BCUT2D eigenvalue weighted by atomic mass is 10.0. The van der Waals surface area contributed by atoms with Crippen LogP contribution in [0, 0.1) is 18.6 Å². The van der Waals surface area contributed by atoms with Gasteiger partial charge < -0.3 is 10.2 Å². The van der Waals surface area contributed by atoms with E-state index < -0.39 is 0 Å². The monoisotopic (exact) mass is 337 g/mol. The number of hydrogen-bond acceptors (Lipinski definition) is 4. The summed E-state index contributed by atoms with van der Waals surface area (Å²) < 4.78 is 26.7. The highest BCUT2D eigenvalue weighted by atomic mass is 32.1. The van der Waals surface area contributed by atoms with Crippen molar-refractivity contribution in [2.45, 2.75) is 32.2 Å². The van der Waals surface area contributed by atoms with Gasteiger partial charge in [0.25, 0.3) is 0 Å². The number of nitrogens with one attached hydrogen (secondary N) is 1. The zero-order valence-electron chi connectivity index (χ0n) is 13.2. The fraction of sp³-hybridized carbons (Fsp3) is 0.471. The van der Waals surface area contributed by atoms with Crippen LogP contribution in [-0.4, -0.2) is 30.7 Å². The lowest BCUT2D eigenvalue weighted by Crippen LogP contribution is -2.43. The van der Waals surface area contributed by atoms with Gasteiger partial charge in [-0.3, -0.25) is 0 Å². The number of aromatic nitrogens is 1. The van der Waals surface area contributed by atoms with Crippen LogP contribution in [0.1, 0.15) is 24.1 Å². The molecule has 3 rings (SSSR count). The topological polar surface area (TPSA) is 28.2 Å². The highest BCUT2D eigenvalue weighted by molar-refractivity contribution is 7.13. The summed E-state index contributed by atoms with van der Waals surface area (Å²) in [5.74, 6) is -0.712. The van der Waals surface area contributed by atoms with E-state index in [1.54, 1.807) is 11.3 Å². The van der Waals surface area contributed by atoms with Crippen molar-refractivity contribution in [1.29, 1.82) is 0 Å². The van der Waals surface area contributed by atoms with Crippen molar-refractivity contribution in [3.63, 3.8) is 0 Å². The molecule has 1 saturated heterocycles. The summed E-state index contributed by atoms with van der Waals surface area (Å²) in [6.07, 6.45) is 2.60. The number of halogens is 2. The Morgan fingerprint density at radius 2 is 2.09 bits per heavy atom. The largest absolute Gasteiger partial charge is 0.348 e. The minimum absolute atomic E-state index is 0.331. The smallest absolute Gasteiger partial charge is 0.185 e. The summed E-state index contributed by atoms with van der Waals surface area (Å²) in [5, 5.41) is 6.64. The average Bonchev–Trinajstić information content (AvgIpc) is 2.98. The molecule has 0 unspecified atom stereocenters. The summed E-state index contributed by atoms with van der Waals surface area (Å²) >= 11 is 1.69. The van der Waals surface area contributed by atoms with E-state index in [4.69, 9.17) is 0 Å². The molecule has 0 aliphatic carbocycles. The predicted octanol–water partition coefficient (Wildman–Crippen LogP) is 3.53. The number of nitrogens with zero attached hydrogens (tertiary/aromatic N) is 2. The minimum atomic E-state index is -0.381. The first kappa shape index (κ1) is 16.3. The molecule has 0 bridgehead atoms. The third-order valence-electron chi connectivity index (χ3n) is 4.21. The SMILES string of the molecule is Cc1csc(N2CCC(NCCc3cc(F)ccc3F)CC2)n1. The average molecular weight is 337 g/mol. The van der Waals surface area contributed by atoms with Gasteiger partial charge in [0.1, 0.15) is 11.6 Å². The fourth-order valence-corrected chi connectivity index (χ4v) is 3.76. The van der Waals surface area contributed by atoms with Crippen molar-refractivity contribution < 1.29 is 8.78 Å². The Hall–Kier alpha value is -1.53. The molecule has 1 fully saturated rings. The van der Waals surface area contributed by atoms with Crippen molar-refractivity contribution in [3.8, 4) is 0 Å². The van der Waals surface area contributed by atoms with E-state index in [0.29, 0.717) is 24.6 Å². The van der Waals surface area contributed by atoms with E-state index in [1.807, 2.05) is 6.92 Å². The maximum Gasteiger partial charge on any atom is 0.185 e. The Morgan fingerprint density at radius 1 is 1.30 bits per heavy atom. The highest BCUT2D eigenvalue weighted by Gasteiger charge is 2.20. The Morgan fingerprint density at radius 3 is 2.78 bits per heavy atom. The molecule has 3 nitrogen and oxygen atoms in total. The Kier molecular flexibility index (Phi) is 5.23. The van der Waals surface area contributed by atoms with Crippen molar-refractivity contribution in [2.24, 2.45) is 0 Å². The number of hydrogen-bond donors (Lipinski definition) is 1. The number of thiazole rings is 1. The summed E-state index contributed by atoms with van der Waals surface area (Å²) in [5.41, 5.74) is 1.51. The number of rotatable bonds is 5. The van der Waals surface area contributed by atoms with Crippen LogP contribution in [0.2, 0.25) is 0 Å². The zero-order valence-corrected chi connectivity index (χ0v) is 14.0. The van der Waals surface area contributed by atoms with Gasteiger partial charge in [-0.15, -0.1) is 11.3 Å². The van der Waals surface area contributed by atoms with E-state index in [-0.39, 0.29) is 11.6 Å². The van der Waals surface area contributed by atoms with Gasteiger partial charge in [-0.1, -0.05) is 0 Å². The standard InChI is InChI=1S/C17H21F2N3S/c1-12-11-23-17(21-12)22-8-5-15(6-9-22)20-7-4-13-10-14(18)2-3-16(13)19/h2-3,10-11,15,20H,4-9H2,1H3. The fourth-order valence-electron chi connectivity index (χ4n) is 2.91. The normalized spacial score (nSPS) is 16.0. The molecule has 1 N–H and O–H groups in total. The number of benzene rings is 1. The molecule has 23 heavy (non-hydrogen) atoms. The lowest BCUT2D eigenvalue weighted by molar-refractivity contribution is 0.416. The van der Waals surface area contributed by atoms with Crippen molar-refractivity contribution >= 4 is 16.5 Å². The molecule has 0 amide bonds.